The minimum Gasteiger partial charge on any atom is -0.381 e. The molecular formula is C16H15ClF3N. The van der Waals surface area contributed by atoms with E-state index >= 15 is 0 Å². The van der Waals surface area contributed by atoms with E-state index in [0.29, 0.717) is 12.2 Å². The van der Waals surface area contributed by atoms with Crippen molar-refractivity contribution < 1.29 is 13.2 Å². The lowest BCUT2D eigenvalue weighted by molar-refractivity contribution is -0.137. The molecule has 2 aromatic carbocycles. The fourth-order valence-corrected chi connectivity index (χ4v) is 2.17. The highest BCUT2D eigenvalue weighted by Crippen LogP contribution is 2.36. The number of nitrogens with one attached hydrogen (secondary N) is 1. The maximum atomic E-state index is 12.8. The normalized spacial score (nSPS) is 11.5. The fourth-order valence-electron chi connectivity index (χ4n) is 1.95. The first-order valence-corrected chi connectivity index (χ1v) is 6.96. The van der Waals surface area contributed by atoms with Crippen molar-refractivity contribution in [2.45, 2.75) is 26.1 Å². The van der Waals surface area contributed by atoms with Crippen LogP contribution in [0.3, 0.4) is 0 Å². The topological polar surface area (TPSA) is 12.0 Å². The maximum Gasteiger partial charge on any atom is 0.417 e. The summed E-state index contributed by atoms with van der Waals surface area (Å²) in [5.74, 6) is 0. The van der Waals surface area contributed by atoms with Crippen LogP contribution in [0.25, 0.3) is 0 Å². The van der Waals surface area contributed by atoms with Gasteiger partial charge in [-0.1, -0.05) is 42.8 Å². The van der Waals surface area contributed by atoms with Gasteiger partial charge in [0.2, 0.25) is 0 Å². The third kappa shape index (κ3) is 4.14. The number of benzene rings is 2. The smallest absolute Gasteiger partial charge is 0.381 e. The van der Waals surface area contributed by atoms with Crippen LogP contribution < -0.4 is 5.32 Å². The van der Waals surface area contributed by atoms with Gasteiger partial charge in [0.25, 0.3) is 0 Å². The van der Waals surface area contributed by atoms with E-state index in [0.717, 1.165) is 18.1 Å². The summed E-state index contributed by atoms with van der Waals surface area (Å²) in [5.41, 5.74) is 1.81. The maximum absolute atomic E-state index is 12.8. The number of alkyl halides is 3. The third-order valence-electron chi connectivity index (χ3n) is 3.20. The van der Waals surface area contributed by atoms with Gasteiger partial charge < -0.3 is 5.32 Å². The van der Waals surface area contributed by atoms with Crippen LogP contribution in [0, 0.1) is 0 Å². The number of hydrogen-bond donors (Lipinski definition) is 1. The summed E-state index contributed by atoms with van der Waals surface area (Å²) in [6, 6.07) is 11.8. The van der Waals surface area contributed by atoms with Crippen molar-refractivity contribution >= 4 is 17.3 Å². The molecule has 0 aliphatic heterocycles. The summed E-state index contributed by atoms with van der Waals surface area (Å²) >= 11 is 5.58. The van der Waals surface area contributed by atoms with Gasteiger partial charge in [0.15, 0.2) is 0 Å². The Labute approximate surface area is 126 Å². The van der Waals surface area contributed by atoms with Gasteiger partial charge in [0.05, 0.1) is 10.6 Å². The van der Waals surface area contributed by atoms with E-state index in [9.17, 15) is 13.2 Å². The van der Waals surface area contributed by atoms with E-state index in [4.69, 9.17) is 11.6 Å². The van der Waals surface area contributed by atoms with E-state index in [1.54, 1.807) is 0 Å². The largest absolute Gasteiger partial charge is 0.417 e. The molecule has 0 aliphatic rings. The second-order valence-electron chi connectivity index (χ2n) is 4.72. The van der Waals surface area contributed by atoms with Crippen LogP contribution in [0.15, 0.2) is 42.5 Å². The molecule has 1 nitrogen and oxygen atoms in total. The first-order chi connectivity index (χ1) is 9.90. The minimum atomic E-state index is -4.45. The third-order valence-corrected chi connectivity index (χ3v) is 3.53. The molecule has 0 fully saturated rings. The summed E-state index contributed by atoms with van der Waals surface area (Å²) in [6.07, 6.45) is -3.49. The minimum absolute atomic E-state index is 0.291. The summed E-state index contributed by atoms with van der Waals surface area (Å²) in [5, 5.41) is 2.69. The fraction of sp³-hybridized carbons (Fsp3) is 0.250. The van der Waals surface area contributed by atoms with Crippen molar-refractivity contribution in [1.29, 1.82) is 0 Å². The highest BCUT2D eigenvalue weighted by Gasteiger charge is 2.33. The molecule has 0 heterocycles. The lowest BCUT2D eigenvalue weighted by atomic mass is 10.1. The molecule has 0 saturated heterocycles. The van der Waals surface area contributed by atoms with Crippen LogP contribution in [0.2, 0.25) is 5.02 Å². The van der Waals surface area contributed by atoms with Crippen LogP contribution in [-0.4, -0.2) is 0 Å². The highest BCUT2D eigenvalue weighted by atomic mass is 35.5. The van der Waals surface area contributed by atoms with E-state index in [1.165, 1.54) is 17.7 Å². The molecule has 0 saturated carbocycles. The number of halogens is 4. The Kier molecular flexibility index (Phi) is 4.78. The number of anilines is 1. The van der Waals surface area contributed by atoms with Gasteiger partial charge in [-0.3, -0.25) is 0 Å². The molecule has 0 amide bonds. The molecule has 2 aromatic rings. The molecule has 0 aliphatic carbocycles. The van der Waals surface area contributed by atoms with Gasteiger partial charge in [-0.15, -0.1) is 0 Å². The molecule has 0 aromatic heterocycles. The average Bonchev–Trinajstić information content (AvgIpc) is 2.45. The lowest BCUT2D eigenvalue weighted by Gasteiger charge is -2.12. The molecule has 0 radical (unpaired) electrons. The number of rotatable bonds is 4. The Morgan fingerprint density at radius 2 is 1.62 bits per heavy atom. The predicted octanol–water partition coefficient (Wildman–Crippen LogP) is 5.53. The van der Waals surface area contributed by atoms with Crippen molar-refractivity contribution in [2.75, 3.05) is 5.32 Å². The Balaban J connectivity index is 2.09. The summed E-state index contributed by atoms with van der Waals surface area (Å²) in [6.45, 7) is 2.53. The first-order valence-electron chi connectivity index (χ1n) is 6.58. The Hall–Kier alpha value is -1.68. The lowest BCUT2D eigenvalue weighted by Crippen LogP contribution is -2.07. The van der Waals surface area contributed by atoms with Crippen LogP contribution in [0.4, 0.5) is 18.9 Å². The highest BCUT2D eigenvalue weighted by molar-refractivity contribution is 6.31. The van der Waals surface area contributed by atoms with E-state index in [2.05, 4.69) is 12.2 Å². The van der Waals surface area contributed by atoms with Gasteiger partial charge >= 0.3 is 6.18 Å². The van der Waals surface area contributed by atoms with Crippen LogP contribution in [-0.2, 0) is 19.1 Å². The Morgan fingerprint density at radius 1 is 1.00 bits per heavy atom. The molecule has 112 valence electrons. The molecule has 0 spiro atoms. The zero-order valence-electron chi connectivity index (χ0n) is 11.5. The van der Waals surface area contributed by atoms with E-state index < -0.39 is 11.7 Å². The van der Waals surface area contributed by atoms with Crippen LogP contribution >= 0.6 is 11.6 Å². The standard InChI is InChI=1S/C16H15ClF3N/c1-2-11-3-5-12(6-4-11)10-21-13-7-8-15(17)14(9-13)16(18,19)20/h3-9,21H,2,10H2,1H3. The van der Waals surface area contributed by atoms with Gasteiger partial charge in [-0.2, -0.15) is 13.2 Å². The Bertz CT molecular complexity index is 606. The van der Waals surface area contributed by atoms with Crippen molar-refractivity contribution in [2.24, 2.45) is 0 Å². The molecule has 0 atom stereocenters. The molecule has 1 N–H and O–H groups in total. The summed E-state index contributed by atoms with van der Waals surface area (Å²) in [7, 11) is 0. The molecular weight excluding hydrogens is 299 g/mol. The predicted molar refractivity (Wildman–Crippen MR) is 79.6 cm³/mol. The first kappa shape index (κ1) is 15.7. The monoisotopic (exact) mass is 313 g/mol. The van der Waals surface area contributed by atoms with Crippen molar-refractivity contribution in [1.82, 2.24) is 0 Å². The van der Waals surface area contributed by atoms with Crippen LogP contribution in [0.5, 0.6) is 0 Å². The van der Waals surface area contributed by atoms with Gasteiger partial charge in [0, 0.05) is 12.2 Å². The van der Waals surface area contributed by atoms with Gasteiger partial charge in [-0.25, -0.2) is 0 Å². The van der Waals surface area contributed by atoms with Gasteiger partial charge in [-0.05, 0) is 35.7 Å². The molecule has 2 rings (SSSR count). The van der Waals surface area contributed by atoms with Crippen molar-refractivity contribution in [3.05, 3.63) is 64.2 Å². The number of aryl methyl sites for hydroxylation is 1. The number of hydrogen-bond acceptors (Lipinski definition) is 1. The van der Waals surface area contributed by atoms with Crippen molar-refractivity contribution in [3.8, 4) is 0 Å². The van der Waals surface area contributed by atoms with E-state index in [-0.39, 0.29) is 5.02 Å². The Morgan fingerprint density at radius 3 is 2.19 bits per heavy atom. The summed E-state index contributed by atoms with van der Waals surface area (Å²) < 4.78 is 38.3. The second-order valence-corrected chi connectivity index (χ2v) is 5.12. The van der Waals surface area contributed by atoms with E-state index in [1.807, 2.05) is 24.3 Å². The molecule has 5 heteroatoms. The van der Waals surface area contributed by atoms with Gasteiger partial charge in [0.1, 0.15) is 0 Å². The SMILES string of the molecule is CCc1ccc(CNc2ccc(Cl)c(C(F)(F)F)c2)cc1. The molecule has 0 unspecified atom stereocenters. The average molecular weight is 314 g/mol. The van der Waals surface area contributed by atoms with Crippen molar-refractivity contribution in [3.63, 3.8) is 0 Å². The van der Waals surface area contributed by atoms with Crippen LogP contribution in [0.1, 0.15) is 23.6 Å². The second kappa shape index (κ2) is 6.39. The quantitative estimate of drug-likeness (QED) is 0.782. The zero-order valence-corrected chi connectivity index (χ0v) is 12.2. The molecule has 0 bridgehead atoms. The zero-order chi connectivity index (χ0) is 15.5. The summed E-state index contributed by atoms with van der Waals surface area (Å²) in [4.78, 5) is 0. The molecule has 21 heavy (non-hydrogen) atoms.